The Morgan fingerprint density at radius 1 is 0.379 bits per heavy atom. The largest absolute Gasteiger partial charge is 0.416 e. The molecular formula is C49H33F3N6. The van der Waals surface area contributed by atoms with Crippen molar-refractivity contribution in [3.8, 4) is 56.4 Å². The zero-order valence-electron chi connectivity index (χ0n) is 30.8. The van der Waals surface area contributed by atoms with Gasteiger partial charge in [-0.15, -0.1) is 0 Å². The zero-order valence-corrected chi connectivity index (χ0v) is 30.8. The summed E-state index contributed by atoms with van der Waals surface area (Å²) in [5, 5.41) is 3.42. The molecule has 2 heterocycles. The quantitative estimate of drug-likeness (QED) is 0.167. The summed E-state index contributed by atoms with van der Waals surface area (Å²) in [4.78, 5) is 25.0. The average molecular weight is 763 g/mol. The molecule has 9 rings (SSSR count). The van der Waals surface area contributed by atoms with Crippen LogP contribution in [0.25, 0.3) is 56.4 Å². The number of amidine groups is 2. The standard InChI is InChI=1S/C49H33F3N6/c50-49(51,52)38-28-25-32(26-29-38)42-31-37(47-55-43(33-15-5-1-6-16-33)53-44(56-47)34-17-7-2-8-18-34)27-30-40(42)39-23-13-14-24-41(39)48-57-45(35-19-9-3-10-20-35)54-46(58-48)36-21-11-4-12-22-36/h1-31,47H,(H,53,55,56). The van der Waals surface area contributed by atoms with Crippen molar-refractivity contribution in [1.29, 1.82) is 0 Å². The predicted molar refractivity (Wildman–Crippen MR) is 224 cm³/mol. The first kappa shape index (κ1) is 36.1. The van der Waals surface area contributed by atoms with Crippen LogP contribution in [0.4, 0.5) is 13.2 Å². The molecule has 0 atom stereocenters. The molecule has 58 heavy (non-hydrogen) atoms. The van der Waals surface area contributed by atoms with E-state index in [2.05, 4.69) is 5.32 Å². The smallest absolute Gasteiger partial charge is 0.324 e. The Balaban J connectivity index is 1.23. The molecule has 0 amide bonds. The monoisotopic (exact) mass is 762 g/mol. The minimum atomic E-state index is -4.48. The minimum absolute atomic E-state index is 0.457. The molecule has 0 fully saturated rings. The Morgan fingerprint density at radius 3 is 1.31 bits per heavy atom. The van der Waals surface area contributed by atoms with E-state index in [1.807, 2.05) is 164 Å². The summed E-state index contributed by atoms with van der Waals surface area (Å²) in [5.74, 6) is 2.80. The van der Waals surface area contributed by atoms with Crippen LogP contribution in [0.1, 0.15) is 28.4 Å². The Bertz CT molecular complexity index is 2660. The maximum absolute atomic E-state index is 13.8. The van der Waals surface area contributed by atoms with Crippen LogP contribution in [0, 0.1) is 0 Å². The fourth-order valence-electron chi connectivity index (χ4n) is 6.96. The van der Waals surface area contributed by atoms with E-state index >= 15 is 0 Å². The SMILES string of the molecule is FC(F)(F)c1ccc(-c2cc(C3N=C(c4ccccc4)NC(c4ccccc4)=N3)ccc2-c2ccccc2-c2nc(-c3ccccc3)nc(-c3ccccc3)n2)cc1. The van der Waals surface area contributed by atoms with E-state index in [0.29, 0.717) is 40.3 Å². The lowest BCUT2D eigenvalue weighted by molar-refractivity contribution is -0.137. The van der Waals surface area contributed by atoms with Gasteiger partial charge in [0, 0.05) is 27.8 Å². The molecule has 7 aromatic carbocycles. The number of alkyl halides is 3. The van der Waals surface area contributed by atoms with Crippen LogP contribution in [-0.4, -0.2) is 26.6 Å². The Kier molecular flexibility index (Phi) is 9.69. The molecule has 0 spiro atoms. The van der Waals surface area contributed by atoms with Crippen molar-refractivity contribution in [2.75, 3.05) is 0 Å². The van der Waals surface area contributed by atoms with E-state index in [0.717, 1.165) is 56.6 Å². The molecule has 1 N–H and O–H groups in total. The first-order chi connectivity index (χ1) is 28.4. The van der Waals surface area contributed by atoms with E-state index in [9.17, 15) is 13.2 Å². The van der Waals surface area contributed by atoms with Crippen molar-refractivity contribution in [1.82, 2.24) is 20.3 Å². The first-order valence-corrected chi connectivity index (χ1v) is 18.7. The predicted octanol–water partition coefficient (Wildman–Crippen LogP) is 11.7. The van der Waals surface area contributed by atoms with Gasteiger partial charge in [-0.25, -0.2) is 24.9 Å². The third-order valence-electron chi connectivity index (χ3n) is 9.86. The summed E-state index contributed by atoms with van der Waals surface area (Å²) < 4.78 is 41.5. The Labute approximate surface area is 333 Å². The number of hydrogen-bond donors (Lipinski definition) is 1. The van der Waals surface area contributed by atoms with Crippen LogP contribution in [0.15, 0.2) is 198 Å². The van der Waals surface area contributed by atoms with Gasteiger partial charge in [0.25, 0.3) is 0 Å². The van der Waals surface area contributed by atoms with E-state index in [4.69, 9.17) is 24.9 Å². The average Bonchev–Trinajstić information content (AvgIpc) is 3.29. The number of rotatable bonds is 8. The van der Waals surface area contributed by atoms with Gasteiger partial charge in [0.2, 0.25) is 0 Å². The molecule has 0 saturated carbocycles. The summed E-state index contributed by atoms with van der Waals surface area (Å²) in [6.45, 7) is 0. The molecule has 0 bridgehead atoms. The summed E-state index contributed by atoms with van der Waals surface area (Å²) in [5.41, 5.74) is 7.09. The Hall–Kier alpha value is -7.52. The van der Waals surface area contributed by atoms with Gasteiger partial charge < -0.3 is 5.32 Å². The lowest BCUT2D eigenvalue weighted by Crippen LogP contribution is -2.36. The molecule has 8 aromatic rings. The second-order valence-corrected chi connectivity index (χ2v) is 13.7. The minimum Gasteiger partial charge on any atom is -0.324 e. The number of halogens is 3. The van der Waals surface area contributed by atoms with E-state index < -0.39 is 17.9 Å². The zero-order chi connectivity index (χ0) is 39.5. The van der Waals surface area contributed by atoms with Crippen molar-refractivity contribution in [2.24, 2.45) is 9.98 Å². The fourth-order valence-corrected chi connectivity index (χ4v) is 6.96. The van der Waals surface area contributed by atoms with E-state index in [1.54, 1.807) is 0 Å². The number of hydrogen-bond acceptors (Lipinski definition) is 6. The third kappa shape index (κ3) is 7.53. The van der Waals surface area contributed by atoms with Gasteiger partial charge in [-0.05, 0) is 46.0 Å². The normalized spacial score (nSPS) is 13.0. The van der Waals surface area contributed by atoms with Gasteiger partial charge in [0.1, 0.15) is 11.7 Å². The first-order valence-electron chi connectivity index (χ1n) is 18.7. The van der Waals surface area contributed by atoms with Crippen molar-refractivity contribution >= 4 is 11.7 Å². The van der Waals surface area contributed by atoms with Crippen molar-refractivity contribution in [3.05, 3.63) is 210 Å². The van der Waals surface area contributed by atoms with Crippen LogP contribution in [-0.2, 0) is 6.18 Å². The molecule has 0 aliphatic carbocycles. The fraction of sp³-hybridized carbons (Fsp3) is 0.0408. The van der Waals surface area contributed by atoms with Gasteiger partial charge in [0.05, 0.1) is 5.56 Å². The highest BCUT2D eigenvalue weighted by molar-refractivity contribution is 6.15. The molecule has 1 aromatic heterocycles. The third-order valence-corrected chi connectivity index (χ3v) is 9.86. The lowest BCUT2D eigenvalue weighted by atomic mass is 9.89. The van der Waals surface area contributed by atoms with Gasteiger partial charge >= 0.3 is 6.18 Å². The maximum Gasteiger partial charge on any atom is 0.416 e. The number of aromatic nitrogens is 3. The molecule has 6 nitrogen and oxygen atoms in total. The van der Waals surface area contributed by atoms with Crippen LogP contribution in [0.2, 0.25) is 0 Å². The van der Waals surface area contributed by atoms with Gasteiger partial charge in [-0.1, -0.05) is 170 Å². The van der Waals surface area contributed by atoms with Gasteiger partial charge in [-0.2, -0.15) is 13.2 Å². The van der Waals surface area contributed by atoms with Crippen LogP contribution >= 0.6 is 0 Å². The number of nitrogens with zero attached hydrogens (tertiary/aromatic N) is 5. The maximum atomic E-state index is 13.8. The van der Waals surface area contributed by atoms with Crippen molar-refractivity contribution in [3.63, 3.8) is 0 Å². The Morgan fingerprint density at radius 2 is 0.810 bits per heavy atom. The number of nitrogens with one attached hydrogen (secondary N) is 1. The molecule has 0 radical (unpaired) electrons. The van der Waals surface area contributed by atoms with Crippen molar-refractivity contribution < 1.29 is 13.2 Å². The summed E-state index contributed by atoms with van der Waals surface area (Å²) in [7, 11) is 0. The highest BCUT2D eigenvalue weighted by atomic mass is 19.4. The number of benzene rings is 7. The molecule has 1 aliphatic rings. The highest BCUT2D eigenvalue weighted by Gasteiger charge is 2.30. The lowest BCUT2D eigenvalue weighted by Gasteiger charge is -2.23. The van der Waals surface area contributed by atoms with Gasteiger partial charge in [0.15, 0.2) is 23.6 Å². The highest BCUT2D eigenvalue weighted by Crippen LogP contribution is 2.41. The molecule has 9 heteroatoms. The van der Waals surface area contributed by atoms with Gasteiger partial charge in [-0.3, -0.25) is 0 Å². The second-order valence-electron chi connectivity index (χ2n) is 13.7. The molecular weight excluding hydrogens is 730 g/mol. The topological polar surface area (TPSA) is 75.4 Å². The molecule has 280 valence electrons. The molecule has 0 saturated heterocycles. The molecule has 0 unspecified atom stereocenters. The van der Waals surface area contributed by atoms with Crippen LogP contribution in [0.5, 0.6) is 0 Å². The van der Waals surface area contributed by atoms with Crippen molar-refractivity contribution in [2.45, 2.75) is 12.3 Å². The van der Waals surface area contributed by atoms with Crippen LogP contribution in [0.3, 0.4) is 0 Å². The van der Waals surface area contributed by atoms with Crippen LogP contribution < -0.4 is 5.32 Å². The molecule has 1 aliphatic heterocycles. The van der Waals surface area contributed by atoms with E-state index in [-0.39, 0.29) is 0 Å². The number of aliphatic imine (C=N–C) groups is 2. The summed E-state index contributed by atoms with van der Waals surface area (Å²) in [6, 6.07) is 58.1. The summed E-state index contributed by atoms with van der Waals surface area (Å²) >= 11 is 0. The summed E-state index contributed by atoms with van der Waals surface area (Å²) in [6.07, 6.45) is -5.14. The van der Waals surface area contributed by atoms with E-state index in [1.165, 1.54) is 12.1 Å². The second kappa shape index (κ2) is 15.5.